The Labute approximate surface area is 178 Å². The van der Waals surface area contributed by atoms with Crippen LogP contribution < -0.4 is 0 Å². The van der Waals surface area contributed by atoms with Gasteiger partial charge in [-0.15, -0.1) is 0 Å². The Bertz CT molecular complexity index is 1740. The van der Waals surface area contributed by atoms with Gasteiger partial charge < -0.3 is 0 Å². The molecule has 3 heterocycles. The van der Waals surface area contributed by atoms with Crippen molar-refractivity contribution in [1.82, 2.24) is 14.4 Å². The first-order valence-corrected chi connectivity index (χ1v) is 10.8. The standard InChI is InChI=1S/C28H17N3/c1-2-5-19-16(4-1)12-17-13-23-18(14-22(17)19)15-24-20(23)7-8-21-26(24)27-25(6-3-9-29-27)31-11-10-30-28(21)31/h1-11,13-14H,12,15H2. The molecular weight excluding hydrogens is 378 g/mol. The van der Waals surface area contributed by atoms with Gasteiger partial charge in [-0.05, 0) is 87.7 Å². The third kappa shape index (κ3) is 1.89. The maximum atomic E-state index is 4.82. The quantitative estimate of drug-likeness (QED) is 0.287. The molecule has 0 unspecified atom stereocenters. The van der Waals surface area contributed by atoms with E-state index in [1.807, 2.05) is 24.7 Å². The van der Waals surface area contributed by atoms with Crippen LogP contribution in [0.2, 0.25) is 0 Å². The van der Waals surface area contributed by atoms with Crippen LogP contribution in [0, 0.1) is 0 Å². The Balaban J connectivity index is 1.45. The summed E-state index contributed by atoms with van der Waals surface area (Å²) >= 11 is 0. The highest BCUT2D eigenvalue weighted by molar-refractivity contribution is 6.14. The van der Waals surface area contributed by atoms with Crippen LogP contribution in [-0.4, -0.2) is 14.4 Å². The van der Waals surface area contributed by atoms with E-state index in [1.165, 1.54) is 55.3 Å². The van der Waals surface area contributed by atoms with Gasteiger partial charge in [-0.3, -0.25) is 9.38 Å². The highest BCUT2D eigenvalue weighted by Crippen LogP contribution is 2.47. The van der Waals surface area contributed by atoms with E-state index in [-0.39, 0.29) is 0 Å². The Hall–Kier alpha value is -3.98. The molecule has 8 rings (SSSR count). The van der Waals surface area contributed by atoms with Crippen LogP contribution in [0.15, 0.2) is 79.3 Å². The number of nitrogens with zero attached hydrogens (tertiary/aromatic N) is 3. The normalized spacial score (nSPS) is 13.5. The van der Waals surface area contributed by atoms with Crippen molar-refractivity contribution in [2.24, 2.45) is 0 Å². The molecule has 31 heavy (non-hydrogen) atoms. The molecule has 0 N–H and O–H groups in total. The average Bonchev–Trinajstić information content (AvgIpc) is 3.52. The molecule has 0 fully saturated rings. The topological polar surface area (TPSA) is 30.2 Å². The lowest BCUT2D eigenvalue weighted by molar-refractivity contribution is 1.23. The minimum absolute atomic E-state index is 0.944. The van der Waals surface area contributed by atoms with Gasteiger partial charge in [-0.1, -0.05) is 30.3 Å². The minimum Gasteiger partial charge on any atom is -0.298 e. The fraction of sp³-hybridized carbons (Fsp3) is 0.0714. The van der Waals surface area contributed by atoms with Gasteiger partial charge in [-0.25, -0.2) is 4.98 Å². The van der Waals surface area contributed by atoms with E-state index in [2.05, 4.69) is 64.0 Å². The van der Waals surface area contributed by atoms with Crippen molar-refractivity contribution >= 4 is 27.5 Å². The van der Waals surface area contributed by atoms with Gasteiger partial charge in [0, 0.05) is 29.4 Å². The third-order valence-electron chi connectivity index (χ3n) is 7.15. The third-order valence-corrected chi connectivity index (χ3v) is 7.15. The van der Waals surface area contributed by atoms with Crippen molar-refractivity contribution < 1.29 is 0 Å². The molecule has 2 aliphatic carbocycles. The molecular formula is C28H17N3. The molecule has 0 saturated heterocycles. The van der Waals surface area contributed by atoms with Crippen LogP contribution in [0.1, 0.15) is 22.3 Å². The molecule has 0 bridgehead atoms. The van der Waals surface area contributed by atoms with E-state index in [4.69, 9.17) is 4.98 Å². The monoisotopic (exact) mass is 395 g/mol. The fourth-order valence-electron chi connectivity index (χ4n) is 5.84. The molecule has 3 aromatic carbocycles. The maximum Gasteiger partial charge on any atom is 0.145 e. The van der Waals surface area contributed by atoms with E-state index in [1.54, 1.807) is 0 Å². The molecule has 0 aliphatic heterocycles. The van der Waals surface area contributed by atoms with Crippen LogP contribution >= 0.6 is 0 Å². The second-order valence-electron chi connectivity index (χ2n) is 8.68. The second-order valence-corrected chi connectivity index (χ2v) is 8.68. The van der Waals surface area contributed by atoms with Crippen LogP contribution in [0.4, 0.5) is 0 Å². The lowest BCUT2D eigenvalue weighted by atomic mass is 9.97. The summed E-state index contributed by atoms with van der Waals surface area (Å²) in [7, 11) is 0. The minimum atomic E-state index is 0.944. The van der Waals surface area contributed by atoms with Gasteiger partial charge in [0.15, 0.2) is 0 Å². The van der Waals surface area contributed by atoms with Crippen molar-refractivity contribution in [3.63, 3.8) is 0 Å². The summed E-state index contributed by atoms with van der Waals surface area (Å²) in [5.74, 6) is 0. The van der Waals surface area contributed by atoms with Crippen LogP contribution in [0.25, 0.3) is 49.7 Å². The Morgan fingerprint density at radius 3 is 2.52 bits per heavy atom. The predicted octanol–water partition coefficient (Wildman–Crippen LogP) is 6.18. The SMILES string of the molecule is c1ccc2c(c1)Cc1cc3c(cc1-2)Cc1c-3ccc2c1c1ncccc1n1ccnc21. The molecule has 6 aromatic rings. The Morgan fingerprint density at radius 1 is 0.677 bits per heavy atom. The maximum absolute atomic E-state index is 4.82. The van der Waals surface area contributed by atoms with Crippen molar-refractivity contribution in [3.8, 4) is 22.3 Å². The van der Waals surface area contributed by atoms with Crippen molar-refractivity contribution in [3.05, 3.63) is 102 Å². The van der Waals surface area contributed by atoms with E-state index in [0.29, 0.717) is 0 Å². The van der Waals surface area contributed by atoms with Crippen molar-refractivity contribution in [2.45, 2.75) is 12.8 Å². The summed E-state index contributed by atoms with van der Waals surface area (Å²) in [6.45, 7) is 0. The number of benzene rings is 3. The van der Waals surface area contributed by atoms with Gasteiger partial charge in [-0.2, -0.15) is 0 Å². The molecule has 0 saturated carbocycles. The Kier molecular flexibility index (Phi) is 2.74. The summed E-state index contributed by atoms with van der Waals surface area (Å²) in [6.07, 6.45) is 7.78. The number of aromatic nitrogens is 3. The first kappa shape index (κ1) is 15.8. The highest BCUT2D eigenvalue weighted by atomic mass is 15.0. The number of pyridine rings is 2. The molecule has 0 atom stereocenters. The van der Waals surface area contributed by atoms with Crippen LogP contribution in [-0.2, 0) is 12.8 Å². The summed E-state index contributed by atoms with van der Waals surface area (Å²) in [5.41, 5.74) is 14.4. The van der Waals surface area contributed by atoms with Crippen molar-refractivity contribution in [1.29, 1.82) is 0 Å². The molecule has 3 heteroatoms. The average molecular weight is 395 g/mol. The number of rotatable bonds is 0. The zero-order chi connectivity index (χ0) is 20.1. The van der Waals surface area contributed by atoms with Gasteiger partial charge in [0.25, 0.3) is 0 Å². The molecule has 0 radical (unpaired) electrons. The van der Waals surface area contributed by atoms with Gasteiger partial charge in [0.1, 0.15) is 5.65 Å². The van der Waals surface area contributed by atoms with Crippen molar-refractivity contribution in [2.75, 3.05) is 0 Å². The molecule has 144 valence electrons. The molecule has 3 nitrogen and oxygen atoms in total. The van der Waals surface area contributed by atoms with Gasteiger partial charge in [0.2, 0.25) is 0 Å². The highest BCUT2D eigenvalue weighted by Gasteiger charge is 2.27. The predicted molar refractivity (Wildman–Crippen MR) is 124 cm³/mol. The van der Waals surface area contributed by atoms with E-state index >= 15 is 0 Å². The molecule has 2 aliphatic rings. The second kappa shape index (κ2) is 5.38. The lowest BCUT2D eigenvalue weighted by Crippen LogP contribution is -1.95. The first-order chi connectivity index (χ1) is 15.4. The summed E-state index contributed by atoms with van der Waals surface area (Å²) < 4.78 is 2.16. The van der Waals surface area contributed by atoms with Crippen LogP contribution in [0.3, 0.4) is 0 Å². The summed E-state index contributed by atoms with van der Waals surface area (Å²) in [6, 6.07) is 22.4. The zero-order valence-corrected chi connectivity index (χ0v) is 16.8. The number of hydrogen-bond donors (Lipinski definition) is 0. The van der Waals surface area contributed by atoms with Crippen LogP contribution in [0.5, 0.6) is 0 Å². The lowest BCUT2D eigenvalue weighted by Gasteiger charge is -2.11. The van der Waals surface area contributed by atoms with E-state index < -0.39 is 0 Å². The van der Waals surface area contributed by atoms with Gasteiger partial charge in [0.05, 0.1) is 11.0 Å². The summed E-state index contributed by atoms with van der Waals surface area (Å²) in [4.78, 5) is 9.51. The number of hydrogen-bond acceptors (Lipinski definition) is 2. The fourth-order valence-corrected chi connectivity index (χ4v) is 5.84. The van der Waals surface area contributed by atoms with E-state index in [0.717, 1.165) is 29.5 Å². The Morgan fingerprint density at radius 2 is 1.55 bits per heavy atom. The smallest absolute Gasteiger partial charge is 0.145 e. The zero-order valence-electron chi connectivity index (χ0n) is 16.8. The summed E-state index contributed by atoms with van der Waals surface area (Å²) in [5, 5.41) is 2.43. The largest absolute Gasteiger partial charge is 0.298 e. The first-order valence-electron chi connectivity index (χ1n) is 10.8. The molecule has 0 amide bonds. The van der Waals surface area contributed by atoms with E-state index in [9.17, 15) is 0 Å². The molecule has 0 spiro atoms. The number of fused-ring (bicyclic) bond motifs is 13. The number of imidazole rings is 1. The van der Waals surface area contributed by atoms with Gasteiger partial charge >= 0.3 is 0 Å². The molecule has 3 aromatic heterocycles.